The molecule has 0 spiro atoms. The van der Waals surface area contributed by atoms with Crippen molar-refractivity contribution in [1.29, 1.82) is 0 Å². The second-order valence-corrected chi connectivity index (χ2v) is 11.4. The van der Waals surface area contributed by atoms with Crippen molar-refractivity contribution < 1.29 is 33.8 Å². The second kappa shape index (κ2) is 13.9. The van der Waals surface area contributed by atoms with Crippen molar-refractivity contribution in [3.63, 3.8) is 0 Å². The SMILES string of the molecule is CCOc1cc(/C=C2/SC(=O)N(CC(=O)N3CCN(c4ccccc4)CC3)C2=O)cc(Cl)c1OCc1cccc(C(=O)O)c1. The molecular weight excluding hydrogens is 606 g/mol. The summed E-state index contributed by atoms with van der Waals surface area (Å²) >= 11 is 7.31. The van der Waals surface area contributed by atoms with E-state index < -0.39 is 17.1 Å². The number of carbonyl (C=O) groups excluding carboxylic acids is 3. The highest BCUT2D eigenvalue weighted by Gasteiger charge is 2.37. The first-order valence-electron chi connectivity index (χ1n) is 14.0. The van der Waals surface area contributed by atoms with E-state index in [1.165, 1.54) is 18.2 Å². The molecule has 0 radical (unpaired) electrons. The van der Waals surface area contributed by atoms with Crippen molar-refractivity contribution in [2.45, 2.75) is 13.5 Å². The summed E-state index contributed by atoms with van der Waals surface area (Å²) in [7, 11) is 0. The second-order valence-electron chi connectivity index (χ2n) is 10.0. The fraction of sp³-hybridized carbons (Fsp3) is 0.250. The minimum atomic E-state index is -1.04. The lowest BCUT2D eigenvalue weighted by Crippen LogP contribution is -2.51. The van der Waals surface area contributed by atoms with E-state index in [-0.39, 0.29) is 40.3 Å². The summed E-state index contributed by atoms with van der Waals surface area (Å²) in [5, 5.41) is 8.93. The Balaban J connectivity index is 1.24. The zero-order valence-corrected chi connectivity index (χ0v) is 25.5. The molecular formula is C32H30ClN3O7S. The Kier molecular flexibility index (Phi) is 9.76. The number of rotatable bonds is 10. The number of benzene rings is 3. The number of carboxylic acids is 1. The maximum Gasteiger partial charge on any atom is 0.335 e. The zero-order valence-electron chi connectivity index (χ0n) is 23.9. The number of hydrogen-bond donors (Lipinski definition) is 1. The van der Waals surface area contributed by atoms with Crippen LogP contribution in [0.5, 0.6) is 11.5 Å². The number of ether oxygens (including phenoxy) is 2. The minimum Gasteiger partial charge on any atom is -0.490 e. The fourth-order valence-electron chi connectivity index (χ4n) is 4.90. The monoisotopic (exact) mass is 635 g/mol. The van der Waals surface area contributed by atoms with Crippen LogP contribution in [0.2, 0.25) is 5.02 Å². The lowest BCUT2D eigenvalue weighted by molar-refractivity contribution is -0.136. The first-order valence-corrected chi connectivity index (χ1v) is 15.2. The van der Waals surface area contributed by atoms with Crippen LogP contribution in [0.1, 0.15) is 28.4 Å². The number of piperazine rings is 1. The number of carboxylic acid groups (broad SMARTS) is 1. The number of anilines is 1. The molecule has 0 saturated carbocycles. The highest BCUT2D eigenvalue weighted by Crippen LogP contribution is 2.39. The average Bonchev–Trinajstić information content (AvgIpc) is 3.28. The molecule has 3 amide bonds. The van der Waals surface area contributed by atoms with Gasteiger partial charge < -0.3 is 24.4 Å². The molecule has 3 aromatic rings. The number of carbonyl (C=O) groups is 4. The van der Waals surface area contributed by atoms with Gasteiger partial charge in [0.15, 0.2) is 11.5 Å². The normalized spacial score (nSPS) is 16.0. The molecule has 2 fully saturated rings. The van der Waals surface area contributed by atoms with Crippen LogP contribution in [0.4, 0.5) is 10.5 Å². The van der Waals surface area contributed by atoms with Crippen LogP contribution in [0, 0.1) is 0 Å². The van der Waals surface area contributed by atoms with Gasteiger partial charge in [-0.1, -0.05) is 41.9 Å². The van der Waals surface area contributed by atoms with E-state index >= 15 is 0 Å². The molecule has 0 aromatic heterocycles. The van der Waals surface area contributed by atoms with Gasteiger partial charge in [0.25, 0.3) is 11.1 Å². The van der Waals surface area contributed by atoms with Gasteiger partial charge in [-0.05, 0) is 72.3 Å². The van der Waals surface area contributed by atoms with Gasteiger partial charge in [-0.2, -0.15) is 0 Å². The first-order chi connectivity index (χ1) is 21.2. The lowest BCUT2D eigenvalue weighted by atomic mass is 10.1. The number of halogens is 1. The summed E-state index contributed by atoms with van der Waals surface area (Å²) < 4.78 is 11.6. The summed E-state index contributed by atoms with van der Waals surface area (Å²) in [5.41, 5.74) is 2.37. The van der Waals surface area contributed by atoms with Crippen LogP contribution in [0.3, 0.4) is 0 Å². The van der Waals surface area contributed by atoms with Crippen LogP contribution < -0.4 is 14.4 Å². The van der Waals surface area contributed by atoms with Gasteiger partial charge in [-0.3, -0.25) is 19.3 Å². The number of imide groups is 1. The summed E-state index contributed by atoms with van der Waals surface area (Å²) in [6, 6.07) is 19.5. The van der Waals surface area contributed by atoms with Gasteiger partial charge in [0, 0.05) is 31.9 Å². The summed E-state index contributed by atoms with van der Waals surface area (Å²) in [6.07, 6.45) is 1.53. The molecule has 44 heavy (non-hydrogen) atoms. The third-order valence-corrected chi connectivity index (χ3v) is 8.30. The first kappa shape index (κ1) is 31.0. The Bertz CT molecular complexity index is 1610. The van der Waals surface area contributed by atoms with Crippen molar-refractivity contribution in [3.05, 3.63) is 93.3 Å². The van der Waals surface area contributed by atoms with Gasteiger partial charge in [0.2, 0.25) is 5.91 Å². The van der Waals surface area contributed by atoms with E-state index in [2.05, 4.69) is 4.90 Å². The van der Waals surface area contributed by atoms with Crippen molar-refractivity contribution in [2.75, 3.05) is 44.2 Å². The zero-order chi connectivity index (χ0) is 31.2. The number of aromatic carboxylic acids is 1. The van der Waals surface area contributed by atoms with Crippen LogP contribution >= 0.6 is 23.4 Å². The topological polar surface area (TPSA) is 117 Å². The molecule has 0 atom stereocenters. The largest absolute Gasteiger partial charge is 0.490 e. The molecule has 1 N–H and O–H groups in total. The third kappa shape index (κ3) is 7.17. The van der Waals surface area contributed by atoms with E-state index in [1.807, 2.05) is 30.3 Å². The average molecular weight is 636 g/mol. The van der Waals surface area contributed by atoms with Crippen LogP contribution in [-0.2, 0) is 16.2 Å². The number of amides is 3. The molecule has 2 aliphatic heterocycles. The van der Waals surface area contributed by atoms with Gasteiger partial charge in [0.1, 0.15) is 13.2 Å². The van der Waals surface area contributed by atoms with E-state index in [4.69, 9.17) is 21.1 Å². The Hall–Kier alpha value is -4.48. The lowest BCUT2D eigenvalue weighted by Gasteiger charge is -2.36. The fourth-order valence-corrected chi connectivity index (χ4v) is 6.01. The van der Waals surface area contributed by atoms with Gasteiger partial charge in [-0.15, -0.1) is 0 Å². The van der Waals surface area contributed by atoms with Crippen molar-refractivity contribution in [1.82, 2.24) is 9.80 Å². The van der Waals surface area contributed by atoms with Gasteiger partial charge >= 0.3 is 5.97 Å². The highest BCUT2D eigenvalue weighted by molar-refractivity contribution is 8.18. The molecule has 12 heteroatoms. The Morgan fingerprint density at radius 2 is 1.73 bits per heavy atom. The molecule has 0 unspecified atom stereocenters. The highest BCUT2D eigenvalue weighted by atomic mass is 35.5. The quantitative estimate of drug-likeness (QED) is 0.292. The standard InChI is InChI=1S/C32H30ClN3O7S/c1-2-42-26-17-22(16-25(33)29(26)43-20-21-7-6-8-23(15-21)31(39)40)18-27-30(38)36(32(41)44-27)19-28(37)35-13-11-34(12-14-35)24-9-4-3-5-10-24/h3-10,15-18H,2,11-14,19-20H2,1H3,(H,39,40)/b27-18+. The molecule has 5 rings (SSSR count). The van der Waals surface area contributed by atoms with Crippen LogP contribution in [0.15, 0.2) is 71.6 Å². The number of thioether (sulfide) groups is 1. The smallest absolute Gasteiger partial charge is 0.335 e. The van der Waals surface area contributed by atoms with Gasteiger partial charge in [-0.25, -0.2) is 4.79 Å². The van der Waals surface area contributed by atoms with Crippen LogP contribution in [-0.4, -0.2) is 77.3 Å². The predicted octanol–water partition coefficient (Wildman–Crippen LogP) is 5.40. The van der Waals surface area contributed by atoms with Crippen molar-refractivity contribution in [3.8, 4) is 11.5 Å². The minimum absolute atomic E-state index is 0.0501. The van der Waals surface area contributed by atoms with E-state index in [0.717, 1.165) is 22.3 Å². The third-order valence-electron chi connectivity index (χ3n) is 7.11. The number of para-hydroxylation sites is 1. The Labute approximate surface area is 263 Å². The molecule has 0 bridgehead atoms. The van der Waals surface area contributed by atoms with Crippen molar-refractivity contribution in [2.24, 2.45) is 0 Å². The predicted molar refractivity (Wildman–Crippen MR) is 168 cm³/mol. The van der Waals surface area contributed by atoms with Crippen molar-refractivity contribution >= 4 is 58.1 Å². The molecule has 10 nitrogen and oxygen atoms in total. The maximum atomic E-state index is 13.2. The summed E-state index contributed by atoms with van der Waals surface area (Å²) in [4.78, 5) is 55.3. The molecule has 2 heterocycles. The molecule has 2 aliphatic rings. The number of nitrogens with zero attached hydrogens (tertiary/aromatic N) is 3. The maximum absolute atomic E-state index is 13.2. The summed E-state index contributed by atoms with van der Waals surface area (Å²) in [5.74, 6) is -1.29. The summed E-state index contributed by atoms with van der Waals surface area (Å²) in [6.45, 7) is 4.15. The molecule has 2 saturated heterocycles. The van der Waals surface area contributed by atoms with Crippen LogP contribution in [0.25, 0.3) is 6.08 Å². The van der Waals surface area contributed by atoms with E-state index in [9.17, 15) is 24.3 Å². The molecule has 0 aliphatic carbocycles. The van der Waals surface area contributed by atoms with Gasteiger partial charge in [0.05, 0.1) is 22.1 Å². The molecule has 3 aromatic carbocycles. The van der Waals surface area contributed by atoms with E-state index in [1.54, 1.807) is 36.1 Å². The number of hydrogen-bond acceptors (Lipinski definition) is 8. The Morgan fingerprint density at radius 1 is 0.977 bits per heavy atom. The molecule has 228 valence electrons. The van der Waals surface area contributed by atoms with E-state index in [0.29, 0.717) is 49.7 Å². The Morgan fingerprint density at radius 3 is 2.43 bits per heavy atom.